The maximum Gasteiger partial charge on any atom is 0.225 e. The lowest BCUT2D eigenvalue weighted by Gasteiger charge is -2.01. The molecule has 0 spiro atoms. The third-order valence-electron chi connectivity index (χ3n) is 8.41. The highest BCUT2D eigenvalue weighted by atomic mass is 32.1. The highest BCUT2D eigenvalue weighted by Crippen LogP contribution is 2.39. The van der Waals surface area contributed by atoms with Gasteiger partial charge in [0.05, 0.1) is 22.8 Å². The average molecular weight is 703 g/mol. The molecule has 0 aromatic carbocycles. The zero-order chi connectivity index (χ0) is 32.5. The molecule has 0 atom stereocenters. The minimum atomic E-state index is 0.925. The number of aromatic nitrogens is 8. The van der Waals surface area contributed by atoms with Gasteiger partial charge in [-0.05, 0) is 48.6 Å². The number of thiazole rings is 4. The van der Waals surface area contributed by atoms with Crippen molar-refractivity contribution in [2.75, 3.05) is 0 Å². The van der Waals surface area contributed by atoms with Gasteiger partial charge in [0.15, 0.2) is 24.8 Å². The van der Waals surface area contributed by atoms with Crippen molar-refractivity contribution in [2.24, 2.45) is 28.2 Å². The van der Waals surface area contributed by atoms with Crippen LogP contribution in [-0.4, -0.2) is 19.9 Å². The topological polar surface area (TPSA) is 72.9 Å². The number of nitrogens with zero attached hydrogens (tertiary/aromatic N) is 6. The summed E-state index contributed by atoms with van der Waals surface area (Å²) in [5.74, 6) is 0. The molecule has 7 aromatic rings. The number of aryl methyl sites for hydroxylation is 4. The number of fused-ring (bicyclic) bond motifs is 8. The lowest BCUT2D eigenvalue weighted by Crippen LogP contribution is -2.22. The largest absolute Gasteiger partial charge is 0.354 e. The summed E-state index contributed by atoms with van der Waals surface area (Å²) in [5.41, 5.74) is 20.5. The molecule has 234 valence electrons. The first-order valence-corrected chi connectivity index (χ1v) is 18.8. The normalized spacial score (nSPS) is 12.4. The molecular weight excluding hydrogens is 673 g/mol. The summed E-state index contributed by atoms with van der Waals surface area (Å²) in [4.78, 5) is 22.9. The molecule has 9 heterocycles. The summed E-state index contributed by atoms with van der Waals surface area (Å²) in [7, 11) is 8.26. The van der Waals surface area contributed by atoms with E-state index in [0.29, 0.717) is 0 Å². The molecule has 7 aromatic heterocycles. The summed E-state index contributed by atoms with van der Waals surface area (Å²) < 4.78 is 8.40. The third kappa shape index (κ3) is 4.99. The van der Waals surface area contributed by atoms with E-state index in [9.17, 15) is 0 Å². The van der Waals surface area contributed by atoms with Crippen molar-refractivity contribution < 1.29 is 18.3 Å². The zero-order valence-electron chi connectivity index (χ0n) is 26.6. The van der Waals surface area contributed by atoms with Gasteiger partial charge in [-0.25, -0.2) is 9.97 Å². The van der Waals surface area contributed by atoms with E-state index in [1.807, 2.05) is 0 Å². The molecule has 2 N–H and O–H groups in total. The van der Waals surface area contributed by atoms with Gasteiger partial charge in [-0.3, -0.25) is 0 Å². The van der Waals surface area contributed by atoms with Gasteiger partial charge in [0, 0.05) is 44.3 Å². The van der Waals surface area contributed by atoms with Crippen LogP contribution in [0.4, 0.5) is 0 Å². The van der Waals surface area contributed by atoms with Crippen LogP contribution in [0.5, 0.6) is 0 Å². The maximum absolute atomic E-state index is 5.37. The number of rotatable bonds is 4. The van der Waals surface area contributed by atoms with Crippen LogP contribution in [0.2, 0.25) is 0 Å². The second-order valence-electron chi connectivity index (χ2n) is 12.0. The summed E-state index contributed by atoms with van der Waals surface area (Å²) in [6, 6.07) is 8.72. The van der Waals surface area contributed by atoms with Crippen LogP contribution in [-0.2, 0) is 28.2 Å². The van der Waals surface area contributed by atoms with E-state index in [2.05, 4.69) is 152 Å². The Morgan fingerprint density at radius 2 is 0.667 bits per heavy atom. The fourth-order valence-corrected chi connectivity index (χ4v) is 9.88. The van der Waals surface area contributed by atoms with E-state index < -0.39 is 0 Å². The van der Waals surface area contributed by atoms with Gasteiger partial charge in [-0.15, -0.1) is 0 Å². The van der Waals surface area contributed by atoms with E-state index in [4.69, 9.17) is 9.97 Å². The summed E-state index contributed by atoms with van der Waals surface area (Å²) in [5, 5.41) is 0. The molecule has 12 heteroatoms. The van der Waals surface area contributed by atoms with Crippen molar-refractivity contribution in [1.29, 1.82) is 0 Å². The van der Waals surface area contributed by atoms with Gasteiger partial charge in [0.25, 0.3) is 0 Å². The Bertz CT molecular complexity index is 2290. The van der Waals surface area contributed by atoms with Crippen molar-refractivity contribution in [3.63, 3.8) is 0 Å². The second kappa shape index (κ2) is 11.4. The third-order valence-corrected chi connectivity index (χ3v) is 12.4. The molecule has 0 saturated carbocycles. The lowest BCUT2D eigenvalue weighted by atomic mass is 10.1. The predicted molar refractivity (Wildman–Crippen MR) is 197 cm³/mol. The Morgan fingerprint density at radius 3 is 0.875 bits per heavy atom. The van der Waals surface area contributed by atoms with Crippen LogP contribution in [0.1, 0.15) is 22.8 Å². The first-order valence-electron chi connectivity index (χ1n) is 15.3. The molecule has 0 unspecified atom stereocenters. The molecule has 8 nitrogen and oxygen atoms in total. The van der Waals surface area contributed by atoms with Crippen LogP contribution in [0.15, 0.2) is 71.1 Å². The SMILES string of the molecule is C[n+]1csc(-c2c3nc(c(-c4c[n+](C)cs4)c4ccc([nH]4)c(-c4c[n+](C)cs4)c4nc(c(-c5c[n+](C)cs5)c5ccc2[nH]5)C=C4)C=C3)c1. The highest BCUT2D eigenvalue weighted by Gasteiger charge is 2.23. The summed E-state index contributed by atoms with van der Waals surface area (Å²) >= 11 is 6.86. The number of nitrogens with one attached hydrogen (secondary N) is 2. The molecular formula is C36H30N8S4+4. The molecule has 0 fully saturated rings. The fourth-order valence-electron chi connectivity index (χ4n) is 6.28. The Kier molecular flexibility index (Phi) is 6.94. The quantitative estimate of drug-likeness (QED) is 0.197. The lowest BCUT2D eigenvalue weighted by molar-refractivity contribution is -0.666. The standard InChI is InChI=1S/C36H30N8S4/c1-41-13-29(45-17-41)33-21-5-7-23(37-21)34(30-14-42(2)18-46-30)25-9-11-27(39-25)36(32-16-44(4)20-48-32)28-12-10-26(40-28)35(24-8-6-22(33)38-24)31-15-43(3)19-47-31/h5-20,37,40H,1-4H3/q+4. The fraction of sp³-hybridized carbons (Fsp3) is 0.111. The zero-order valence-corrected chi connectivity index (χ0v) is 29.8. The van der Waals surface area contributed by atoms with E-state index in [1.165, 1.54) is 0 Å². The minimum absolute atomic E-state index is 0.925. The maximum atomic E-state index is 5.37. The molecule has 0 saturated heterocycles. The molecule has 0 aliphatic carbocycles. The van der Waals surface area contributed by atoms with Gasteiger partial charge in [-0.1, -0.05) is 45.3 Å². The van der Waals surface area contributed by atoms with Crippen LogP contribution in [0.25, 0.3) is 88.1 Å². The van der Waals surface area contributed by atoms with Crippen molar-refractivity contribution in [3.05, 3.63) is 93.9 Å². The monoisotopic (exact) mass is 702 g/mol. The van der Waals surface area contributed by atoms with Crippen LogP contribution >= 0.6 is 45.3 Å². The second-order valence-corrected chi connectivity index (χ2v) is 15.6. The molecule has 8 bridgehead atoms. The molecule has 0 radical (unpaired) electrons. The number of hydrogen-bond donors (Lipinski definition) is 2. The predicted octanol–water partition coefficient (Wildman–Crippen LogP) is 6.87. The Morgan fingerprint density at radius 1 is 0.417 bits per heavy atom. The molecule has 48 heavy (non-hydrogen) atoms. The van der Waals surface area contributed by atoms with Gasteiger partial charge in [0.1, 0.15) is 47.7 Å². The highest BCUT2D eigenvalue weighted by molar-refractivity contribution is 7.14. The van der Waals surface area contributed by atoms with E-state index >= 15 is 0 Å². The minimum Gasteiger partial charge on any atom is -0.354 e. The summed E-state index contributed by atoms with van der Waals surface area (Å²) in [6.07, 6.45) is 17.3. The Labute approximate surface area is 292 Å². The molecule has 2 aliphatic rings. The Hall–Kier alpha value is -4.88. The van der Waals surface area contributed by atoms with Crippen molar-refractivity contribution in [3.8, 4) is 41.8 Å². The van der Waals surface area contributed by atoms with Crippen LogP contribution in [0, 0.1) is 0 Å². The number of hydrogen-bond acceptors (Lipinski definition) is 6. The smallest absolute Gasteiger partial charge is 0.225 e. The Balaban J connectivity index is 1.48. The number of H-pyrrole nitrogens is 2. The van der Waals surface area contributed by atoms with Gasteiger partial charge >= 0.3 is 0 Å². The van der Waals surface area contributed by atoms with Gasteiger partial charge in [-0.2, -0.15) is 18.3 Å². The van der Waals surface area contributed by atoms with Gasteiger partial charge in [0.2, 0.25) is 22.0 Å². The van der Waals surface area contributed by atoms with Crippen molar-refractivity contribution in [2.45, 2.75) is 0 Å². The van der Waals surface area contributed by atoms with E-state index in [0.717, 1.165) is 86.6 Å². The van der Waals surface area contributed by atoms with Crippen molar-refractivity contribution >= 4 is 91.7 Å². The van der Waals surface area contributed by atoms with Crippen LogP contribution in [0.3, 0.4) is 0 Å². The summed E-state index contributed by atoms with van der Waals surface area (Å²) in [6.45, 7) is 0. The molecule has 0 amide bonds. The average Bonchev–Trinajstić information content (AvgIpc) is 3.89. The van der Waals surface area contributed by atoms with E-state index in [1.54, 1.807) is 45.3 Å². The van der Waals surface area contributed by atoms with Crippen molar-refractivity contribution in [1.82, 2.24) is 19.9 Å². The first kappa shape index (κ1) is 29.3. The van der Waals surface area contributed by atoms with Crippen LogP contribution < -0.4 is 18.3 Å². The molecule has 9 rings (SSSR count). The van der Waals surface area contributed by atoms with Gasteiger partial charge < -0.3 is 9.97 Å². The molecule has 2 aliphatic heterocycles. The van der Waals surface area contributed by atoms with E-state index in [-0.39, 0.29) is 0 Å². The number of aromatic amines is 2. The first-order chi connectivity index (χ1) is 23.4.